The van der Waals surface area contributed by atoms with Gasteiger partial charge < -0.3 is 15.0 Å². The Morgan fingerprint density at radius 1 is 1.29 bits per heavy atom. The number of nitrogens with zero attached hydrogens (tertiary/aromatic N) is 2. The third-order valence-electron chi connectivity index (χ3n) is 5.18. The van der Waals surface area contributed by atoms with E-state index in [2.05, 4.69) is 34.6 Å². The number of likely N-dealkylation sites (tertiary alicyclic amines) is 1. The molecule has 0 unspecified atom stereocenters. The molecule has 4 rings (SSSR count). The highest BCUT2D eigenvalue weighted by Crippen LogP contribution is 2.43. The van der Waals surface area contributed by atoms with Gasteiger partial charge in [-0.2, -0.15) is 0 Å². The summed E-state index contributed by atoms with van der Waals surface area (Å²) in [5, 5.41) is 3.01. The van der Waals surface area contributed by atoms with Crippen molar-refractivity contribution in [2.24, 2.45) is 5.92 Å². The van der Waals surface area contributed by atoms with Gasteiger partial charge >= 0.3 is 6.03 Å². The Balaban J connectivity index is 1.46. The third kappa shape index (κ3) is 2.65. The van der Waals surface area contributed by atoms with E-state index in [4.69, 9.17) is 4.74 Å². The largest absolute Gasteiger partial charge is 0.380 e. The quantitative estimate of drug-likeness (QED) is 0.942. The molecule has 3 heterocycles. The van der Waals surface area contributed by atoms with E-state index in [0.717, 1.165) is 18.7 Å². The highest BCUT2D eigenvalue weighted by Gasteiger charge is 2.52. The number of nitrogens with one attached hydrogen (secondary N) is 1. The number of pyridine rings is 1. The van der Waals surface area contributed by atoms with Gasteiger partial charge in [0.05, 0.1) is 13.2 Å². The molecule has 0 aliphatic carbocycles. The molecule has 1 aromatic heterocycles. The predicted octanol–water partition coefficient (Wildman–Crippen LogP) is 2.19. The van der Waals surface area contributed by atoms with Crippen molar-refractivity contribution in [2.45, 2.75) is 12.0 Å². The summed E-state index contributed by atoms with van der Waals surface area (Å²) < 4.78 is 5.76. The zero-order valence-corrected chi connectivity index (χ0v) is 13.5. The summed E-state index contributed by atoms with van der Waals surface area (Å²) in [4.78, 5) is 18.6. The summed E-state index contributed by atoms with van der Waals surface area (Å²) in [5.41, 5.74) is 2.22. The number of carbonyl (C=O) groups is 1. The van der Waals surface area contributed by atoms with Gasteiger partial charge in [0.2, 0.25) is 0 Å². The Morgan fingerprint density at radius 3 is 2.96 bits per heavy atom. The summed E-state index contributed by atoms with van der Waals surface area (Å²) in [6, 6.07) is 14.3. The smallest absolute Gasteiger partial charge is 0.317 e. The van der Waals surface area contributed by atoms with Crippen LogP contribution < -0.4 is 5.32 Å². The Morgan fingerprint density at radius 2 is 2.17 bits per heavy atom. The van der Waals surface area contributed by atoms with Crippen LogP contribution in [0.5, 0.6) is 0 Å². The fraction of sp³-hybridized carbons (Fsp3) is 0.368. The fourth-order valence-corrected chi connectivity index (χ4v) is 3.86. The van der Waals surface area contributed by atoms with Crippen molar-refractivity contribution in [3.8, 4) is 0 Å². The van der Waals surface area contributed by atoms with E-state index in [-0.39, 0.29) is 11.4 Å². The number of rotatable bonds is 3. The minimum Gasteiger partial charge on any atom is -0.380 e. The van der Waals surface area contributed by atoms with Crippen LogP contribution in [0.15, 0.2) is 54.9 Å². The summed E-state index contributed by atoms with van der Waals surface area (Å²) in [7, 11) is 0. The van der Waals surface area contributed by atoms with Crippen molar-refractivity contribution < 1.29 is 9.53 Å². The van der Waals surface area contributed by atoms with E-state index >= 15 is 0 Å². The number of hydrogen-bond acceptors (Lipinski definition) is 3. The lowest BCUT2D eigenvalue weighted by Crippen LogP contribution is -2.41. The van der Waals surface area contributed by atoms with E-state index in [1.807, 2.05) is 23.1 Å². The summed E-state index contributed by atoms with van der Waals surface area (Å²) in [5.74, 6) is 0.365. The second kappa shape index (κ2) is 6.24. The van der Waals surface area contributed by atoms with Crippen LogP contribution in [-0.4, -0.2) is 42.2 Å². The maximum Gasteiger partial charge on any atom is 0.317 e. The molecule has 2 saturated heterocycles. The average Bonchev–Trinajstić information content (AvgIpc) is 3.20. The highest BCUT2D eigenvalue weighted by molar-refractivity contribution is 5.75. The standard InChI is InChI=1S/C19H21N3O2/c23-18(21-10-15-5-4-8-20-9-15)22-11-17-12-24-14-19(17,13-22)16-6-2-1-3-7-16/h1-9,17H,10-14H2,(H,21,23)/t17-,19+/m1/s1. The lowest BCUT2D eigenvalue weighted by atomic mass is 9.75. The van der Waals surface area contributed by atoms with Crippen molar-refractivity contribution in [3.05, 3.63) is 66.0 Å². The first-order chi connectivity index (χ1) is 11.8. The Bertz CT molecular complexity index is 707. The zero-order chi connectivity index (χ0) is 16.4. The van der Waals surface area contributed by atoms with E-state index < -0.39 is 0 Å². The minimum absolute atomic E-state index is 0.0106. The van der Waals surface area contributed by atoms with Gasteiger partial charge in [-0.15, -0.1) is 0 Å². The van der Waals surface area contributed by atoms with Crippen LogP contribution in [-0.2, 0) is 16.7 Å². The van der Waals surface area contributed by atoms with Gasteiger partial charge in [-0.3, -0.25) is 4.98 Å². The first-order valence-corrected chi connectivity index (χ1v) is 8.33. The number of hydrogen-bond donors (Lipinski definition) is 1. The lowest BCUT2D eigenvalue weighted by Gasteiger charge is -2.27. The number of aromatic nitrogens is 1. The minimum atomic E-state index is -0.0626. The molecule has 0 saturated carbocycles. The predicted molar refractivity (Wildman–Crippen MR) is 90.5 cm³/mol. The molecular weight excluding hydrogens is 302 g/mol. The van der Waals surface area contributed by atoms with E-state index in [1.54, 1.807) is 12.4 Å². The molecule has 124 valence electrons. The van der Waals surface area contributed by atoms with Gasteiger partial charge in [-0.05, 0) is 17.2 Å². The molecule has 2 aliphatic rings. The van der Waals surface area contributed by atoms with E-state index in [1.165, 1.54) is 5.56 Å². The molecular formula is C19H21N3O2. The molecule has 5 heteroatoms. The van der Waals surface area contributed by atoms with Crippen LogP contribution in [0.3, 0.4) is 0 Å². The van der Waals surface area contributed by atoms with Crippen LogP contribution in [0.1, 0.15) is 11.1 Å². The molecule has 2 aromatic rings. The number of benzene rings is 1. The second-order valence-corrected chi connectivity index (χ2v) is 6.63. The maximum absolute atomic E-state index is 12.6. The molecule has 0 spiro atoms. The summed E-state index contributed by atoms with van der Waals surface area (Å²) in [6.45, 7) is 3.37. The van der Waals surface area contributed by atoms with Crippen molar-refractivity contribution in [1.29, 1.82) is 0 Å². The third-order valence-corrected chi connectivity index (χ3v) is 5.18. The molecule has 1 N–H and O–H groups in total. The number of carbonyl (C=O) groups excluding carboxylic acids is 1. The lowest BCUT2D eigenvalue weighted by molar-refractivity contribution is 0.149. The normalized spacial score (nSPS) is 25.5. The molecule has 24 heavy (non-hydrogen) atoms. The van der Waals surface area contributed by atoms with Gasteiger partial charge in [0.25, 0.3) is 0 Å². The van der Waals surface area contributed by atoms with E-state index in [0.29, 0.717) is 25.6 Å². The van der Waals surface area contributed by atoms with Crippen LogP contribution >= 0.6 is 0 Å². The molecule has 1 aromatic carbocycles. The van der Waals surface area contributed by atoms with Crippen LogP contribution in [0.25, 0.3) is 0 Å². The number of urea groups is 1. The van der Waals surface area contributed by atoms with Crippen LogP contribution in [0.4, 0.5) is 4.79 Å². The van der Waals surface area contributed by atoms with Crippen molar-refractivity contribution in [2.75, 3.05) is 26.3 Å². The van der Waals surface area contributed by atoms with Crippen molar-refractivity contribution in [1.82, 2.24) is 15.2 Å². The Kier molecular flexibility index (Phi) is 3.94. The van der Waals surface area contributed by atoms with Gasteiger partial charge in [0, 0.05) is 43.4 Å². The molecule has 5 nitrogen and oxygen atoms in total. The first-order valence-electron chi connectivity index (χ1n) is 8.33. The molecule has 2 amide bonds. The van der Waals surface area contributed by atoms with Gasteiger partial charge in [0.1, 0.15) is 0 Å². The second-order valence-electron chi connectivity index (χ2n) is 6.63. The molecule has 0 radical (unpaired) electrons. The van der Waals surface area contributed by atoms with Crippen molar-refractivity contribution >= 4 is 6.03 Å². The number of amides is 2. The average molecular weight is 323 g/mol. The number of ether oxygens (including phenoxy) is 1. The maximum atomic E-state index is 12.6. The van der Waals surface area contributed by atoms with Gasteiger partial charge in [-0.1, -0.05) is 36.4 Å². The van der Waals surface area contributed by atoms with Gasteiger partial charge in [-0.25, -0.2) is 4.79 Å². The number of fused-ring (bicyclic) bond motifs is 1. The molecule has 2 fully saturated rings. The van der Waals surface area contributed by atoms with Crippen LogP contribution in [0.2, 0.25) is 0 Å². The van der Waals surface area contributed by atoms with E-state index in [9.17, 15) is 4.79 Å². The topological polar surface area (TPSA) is 54.5 Å². The molecule has 2 aliphatic heterocycles. The monoisotopic (exact) mass is 323 g/mol. The Hall–Kier alpha value is -2.40. The Labute approximate surface area is 141 Å². The highest BCUT2D eigenvalue weighted by atomic mass is 16.5. The van der Waals surface area contributed by atoms with Gasteiger partial charge in [0.15, 0.2) is 0 Å². The SMILES string of the molecule is O=C(NCc1cccnc1)N1C[C@@H]2COC[C@]2(c2ccccc2)C1. The van der Waals surface area contributed by atoms with Crippen molar-refractivity contribution in [3.63, 3.8) is 0 Å². The summed E-state index contributed by atoms with van der Waals surface area (Å²) >= 11 is 0. The molecule has 0 bridgehead atoms. The zero-order valence-electron chi connectivity index (χ0n) is 13.5. The van der Waals surface area contributed by atoms with Crippen LogP contribution in [0, 0.1) is 5.92 Å². The molecule has 2 atom stereocenters. The summed E-state index contributed by atoms with van der Waals surface area (Å²) in [6.07, 6.45) is 3.51. The first kappa shape index (κ1) is 15.1. The fourth-order valence-electron chi connectivity index (χ4n) is 3.86.